The second-order valence-corrected chi connectivity index (χ2v) is 32.9. The second-order valence-electron chi connectivity index (χ2n) is 24.8. The zero-order valence-corrected chi connectivity index (χ0v) is 55.1. The third-order valence-corrected chi connectivity index (χ3v) is 29.9. The first kappa shape index (κ1) is 57.6. The average Bonchev–Trinajstić information content (AvgIpc) is 1.41. The molecule has 2 aromatic heterocycles. The number of fused-ring (bicyclic) bond motifs is 6. The Morgan fingerprint density at radius 2 is 0.695 bits per heavy atom. The Morgan fingerprint density at radius 1 is 0.305 bits per heavy atom. The average molecular weight is 1270 g/mol. The van der Waals surface area contributed by atoms with Crippen LogP contribution in [-0.4, -0.2) is 29.5 Å². The highest BCUT2D eigenvalue weighted by Crippen LogP contribution is 2.44. The molecule has 0 aliphatic heterocycles. The lowest BCUT2D eigenvalue weighted by atomic mass is 9.94. The zero-order valence-electron chi connectivity index (χ0n) is 52.3. The predicted molar refractivity (Wildman–Crippen MR) is 409 cm³/mol. The van der Waals surface area contributed by atoms with Crippen LogP contribution in [0.25, 0.3) is 77.1 Å². The lowest BCUT2D eigenvalue weighted by Gasteiger charge is -2.34. The largest absolute Gasteiger partial charge is 0.313 e. The van der Waals surface area contributed by atoms with E-state index < -0.39 is 16.1 Å². The second kappa shape index (κ2) is 24.6. The molecule has 0 saturated carbocycles. The maximum Gasteiger partial charge on any atom is 0.179 e. The number of hydrogen-bond donors (Lipinski definition) is 0. The fraction of sp³-hybridized carbons (Fsp3) is 0.0227. The van der Waals surface area contributed by atoms with Crippen LogP contribution in [-0.2, 0) is 0 Å². The molecular weight excluding hydrogens is 1200 g/mol. The lowest BCUT2D eigenvalue weighted by molar-refractivity contribution is 0.993. The van der Waals surface area contributed by atoms with Gasteiger partial charge >= 0.3 is 0 Å². The highest BCUT2D eigenvalue weighted by Gasteiger charge is 2.43. The van der Waals surface area contributed by atoms with Crippen LogP contribution < -0.4 is 46.4 Å². The van der Waals surface area contributed by atoms with Crippen LogP contribution in [0.5, 0.6) is 0 Å². The molecule has 0 spiro atoms. The van der Waals surface area contributed by atoms with Gasteiger partial charge in [0.05, 0.1) is 28.4 Å². The van der Waals surface area contributed by atoms with Gasteiger partial charge in [0.2, 0.25) is 0 Å². The number of nitrogens with zero attached hydrogens (tertiary/aromatic N) is 4. The summed E-state index contributed by atoms with van der Waals surface area (Å²) in [6.07, 6.45) is 6.41. The monoisotopic (exact) mass is 1260 g/mol. The van der Waals surface area contributed by atoms with Crippen LogP contribution in [0, 0.1) is 0 Å². The summed E-state index contributed by atoms with van der Waals surface area (Å²) in [6.45, 7) is 0. The maximum absolute atomic E-state index is 5.16. The topological polar surface area (TPSA) is 34.0 Å². The molecule has 4 nitrogen and oxygen atoms in total. The minimum atomic E-state index is -2.69. The summed E-state index contributed by atoms with van der Waals surface area (Å²) in [7, 11) is -5.39. The molecule has 17 rings (SSSR count). The van der Waals surface area contributed by atoms with Crippen LogP contribution in [0.4, 0.5) is 17.1 Å². The van der Waals surface area contributed by atoms with Gasteiger partial charge in [-0.05, 0) is 141 Å². The number of aromatic nitrogens is 3. The van der Waals surface area contributed by atoms with Gasteiger partial charge in [0.1, 0.15) is 11.0 Å². The Morgan fingerprint density at radius 3 is 1.14 bits per heavy atom. The number of hydrogen-bond acceptors (Lipinski definition) is 4. The summed E-state index contributed by atoms with van der Waals surface area (Å²) in [4.78, 5) is 2.37. The van der Waals surface area contributed by atoms with E-state index in [4.69, 9.17) is 8.75 Å². The van der Waals surface area contributed by atoms with Crippen molar-refractivity contribution in [3.63, 3.8) is 0 Å². The molecule has 95 heavy (non-hydrogen) atoms. The lowest BCUT2D eigenvalue weighted by Crippen LogP contribution is -2.74. The van der Waals surface area contributed by atoms with Crippen molar-refractivity contribution in [2.75, 3.05) is 4.90 Å². The summed E-state index contributed by atoms with van der Waals surface area (Å²) in [5.41, 5.74) is 15.6. The van der Waals surface area contributed by atoms with Crippen molar-refractivity contribution in [2.45, 2.75) is 12.8 Å². The third kappa shape index (κ3) is 9.94. The summed E-state index contributed by atoms with van der Waals surface area (Å²) >= 11 is 1.28. The van der Waals surface area contributed by atoms with Crippen molar-refractivity contribution in [1.82, 2.24) is 13.3 Å². The minimum Gasteiger partial charge on any atom is -0.313 e. The molecule has 0 N–H and O–H groups in total. The molecule has 1 aliphatic carbocycles. The Labute approximate surface area is 560 Å². The maximum atomic E-state index is 5.16. The SMILES string of the molecule is C1=C(c2ccc(N(c3ccc(-c4ccc([Si](c5ccccc5)(c5ccccc5)c5ccccc5)cc4)cc3)c3ccc(-c4ccc([Si](c5ccccc5)(c5ccccc5)c5ccccc5)cc4)cc3)c3nsnc23)CCC(n2c3ccccc3c3c4ccccc4ccc32)=C1. The van der Waals surface area contributed by atoms with Crippen LogP contribution in [0.15, 0.2) is 364 Å². The third-order valence-electron chi connectivity index (χ3n) is 19.8. The quantitative estimate of drug-likeness (QED) is 0.0758. The van der Waals surface area contributed by atoms with E-state index >= 15 is 0 Å². The zero-order chi connectivity index (χ0) is 63.1. The van der Waals surface area contributed by atoms with E-state index in [0.29, 0.717) is 0 Å². The molecule has 1 aliphatic rings. The van der Waals surface area contributed by atoms with Gasteiger partial charge in [-0.15, -0.1) is 0 Å². The molecule has 0 radical (unpaired) electrons. The highest BCUT2D eigenvalue weighted by molar-refractivity contribution is 7.20. The van der Waals surface area contributed by atoms with Crippen LogP contribution >= 0.6 is 11.7 Å². The number of anilines is 3. The van der Waals surface area contributed by atoms with Crippen molar-refractivity contribution >= 4 is 141 Å². The molecule has 0 atom stereocenters. The molecule has 0 amide bonds. The number of benzene rings is 14. The van der Waals surface area contributed by atoms with E-state index in [1.165, 1.54) is 97.1 Å². The Balaban J connectivity index is 0.748. The van der Waals surface area contributed by atoms with E-state index in [1.54, 1.807) is 0 Å². The molecule has 0 saturated heterocycles. The fourth-order valence-electron chi connectivity index (χ4n) is 15.4. The molecule has 2 heterocycles. The van der Waals surface area contributed by atoms with Crippen molar-refractivity contribution in [1.29, 1.82) is 0 Å². The van der Waals surface area contributed by atoms with E-state index in [2.05, 4.69) is 373 Å². The van der Waals surface area contributed by atoms with Gasteiger partial charge < -0.3 is 9.47 Å². The van der Waals surface area contributed by atoms with Gasteiger partial charge in [-0.2, -0.15) is 8.75 Å². The molecule has 7 heteroatoms. The Hall–Kier alpha value is -11.3. The molecular formula is C88H64N4SSi2. The first-order valence-corrected chi connectivity index (χ1v) is 37.5. The van der Waals surface area contributed by atoms with Gasteiger partial charge in [-0.1, -0.05) is 315 Å². The molecule has 14 aromatic carbocycles. The van der Waals surface area contributed by atoms with Gasteiger partial charge in [0.15, 0.2) is 16.1 Å². The van der Waals surface area contributed by atoms with E-state index in [9.17, 15) is 0 Å². The number of rotatable bonds is 15. The number of para-hydroxylation sites is 1. The van der Waals surface area contributed by atoms with Crippen LogP contribution in [0.3, 0.4) is 0 Å². The highest BCUT2D eigenvalue weighted by atomic mass is 32.1. The van der Waals surface area contributed by atoms with E-state index in [1.807, 2.05) is 0 Å². The smallest absolute Gasteiger partial charge is 0.179 e. The predicted octanol–water partition coefficient (Wildman–Crippen LogP) is 17.2. The normalized spacial score (nSPS) is 12.7. The molecule has 450 valence electrons. The van der Waals surface area contributed by atoms with Crippen LogP contribution in [0.1, 0.15) is 18.4 Å². The van der Waals surface area contributed by atoms with Gasteiger partial charge in [-0.3, -0.25) is 0 Å². The van der Waals surface area contributed by atoms with Gasteiger partial charge in [-0.25, -0.2) is 0 Å². The van der Waals surface area contributed by atoms with E-state index in [-0.39, 0.29) is 0 Å². The fourth-order valence-corrected chi connectivity index (χ4v) is 25.4. The van der Waals surface area contributed by atoms with Crippen LogP contribution in [0.2, 0.25) is 0 Å². The summed E-state index contributed by atoms with van der Waals surface area (Å²) in [6, 6.07) is 131. The first-order valence-electron chi connectivity index (χ1n) is 32.7. The summed E-state index contributed by atoms with van der Waals surface area (Å²) in [5, 5.41) is 16.0. The Bertz CT molecular complexity index is 5080. The molecule has 0 unspecified atom stereocenters. The van der Waals surface area contributed by atoms with Crippen molar-refractivity contribution in [2.24, 2.45) is 0 Å². The van der Waals surface area contributed by atoms with Gasteiger partial charge in [0, 0.05) is 33.4 Å². The van der Waals surface area contributed by atoms with Crippen molar-refractivity contribution in [3.05, 3.63) is 370 Å². The van der Waals surface area contributed by atoms with Crippen molar-refractivity contribution in [3.8, 4) is 22.3 Å². The first-order chi connectivity index (χ1) is 47.1. The number of allylic oxidation sites excluding steroid dienone is 4. The molecule has 0 bridgehead atoms. The minimum absolute atomic E-state index is 0.871. The van der Waals surface area contributed by atoms with E-state index in [0.717, 1.165) is 68.8 Å². The van der Waals surface area contributed by atoms with Gasteiger partial charge in [0.25, 0.3) is 0 Å². The standard InChI is InChI=1S/C88H64N4SSi2/c1-7-24-72(25-8-1)94(73-26-9-2-10-27-73,74-28-11-3-12-29-74)78-56-45-65(46-57-78)63-39-50-69(51-40-63)91(70-52-41-64(42-53-70)66-47-58-79(59-48-66)95(75-30-13-4-14-31-75,76-32-15-5-16-33-76)77-34-17-6-18-35-77)85-62-60-81(87-88(85)90-93-89-87)68-43-54-71(55-44-68)92-83-38-22-21-37-82(83)86-80-36-20-19-23-67(80)49-61-84(86)92/h1-43,45-54,56-62H,44,55H2. The molecule has 0 fully saturated rings. The molecule has 16 aromatic rings. The summed E-state index contributed by atoms with van der Waals surface area (Å²) in [5.74, 6) is 0. The van der Waals surface area contributed by atoms with Crippen molar-refractivity contribution < 1.29 is 0 Å². The summed E-state index contributed by atoms with van der Waals surface area (Å²) < 4.78 is 12.8. The Kier molecular flexibility index (Phi) is 14.9.